The molecule has 3 N–H and O–H groups in total. The van der Waals surface area contributed by atoms with Crippen molar-refractivity contribution in [2.75, 3.05) is 17.6 Å². The van der Waals surface area contributed by atoms with Crippen LogP contribution in [0.25, 0.3) is 0 Å². The number of anilines is 1. The highest BCUT2D eigenvalue weighted by atomic mass is 35.5. The number of imidazole rings is 1. The molecule has 2 heterocycles. The van der Waals surface area contributed by atoms with E-state index in [-0.39, 0.29) is 5.56 Å². The Balaban J connectivity index is 1.53. The fraction of sp³-hybridized carbons (Fsp3) is 0.316. The van der Waals surface area contributed by atoms with Crippen molar-refractivity contribution in [3.8, 4) is 0 Å². The number of rotatable bonds is 8. The Morgan fingerprint density at radius 1 is 1.22 bits per heavy atom. The summed E-state index contributed by atoms with van der Waals surface area (Å²) in [6.07, 6.45) is 2.25. The van der Waals surface area contributed by atoms with E-state index in [1.807, 2.05) is 38.1 Å². The average molecular weight is 404 g/mol. The highest BCUT2D eigenvalue weighted by Crippen LogP contribution is 2.14. The molecule has 2 aromatic heterocycles. The van der Waals surface area contributed by atoms with Gasteiger partial charge in [-0.05, 0) is 31.5 Å². The first-order chi connectivity index (χ1) is 13.0. The highest BCUT2D eigenvalue weighted by molar-refractivity contribution is 7.98. The van der Waals surface area contributed by atoms with Crippen LogP contribution in [-0.4, -0.2) is 32.2 Å². The van der Waals surface area contributed by atoms with Crippen molar-refractivity contribution in [3.05, 3.63) is 74.2 Å². The van der Waals surface area contributed by atoms with Gasteiger partial charge >= 0.3 is 0 Å². The van der Waals surface area contributed by atoms with Crippen LogP contribution in [0.2, 0.25) is 5.02 Å². The number of aromatic amines is 2. The minimum atomic E-state index is -0.111. The number of benzene rings is 1. The van der Waals surface area contributed by atoms with Crippen molar-refractivity contribution in [1.29, 1.82) is 0 Å². The summed E-state index contributed by atoms with van der Waals surface area (Å²) in [5.74, 6) is 2.26. The van der Waals surface area contributed by atoms with E-state index in [2.05, 4.69) is 25.3 Å². The molecule has 0 aliphatic heterocycles. The SMILES string of the molecule is Cc1nc(NCCSCc2nc[nH]c2C)[nH]c(=O)c1Cc1ccc(Cl)cc1. The molecule has 0 spiro atoms. The third-order valence-corrected chi connectivity index (χ3v) is 5.45. The molecule has 3 rings (SSSR count). The number of hydrogen-bond donors (Lipinski definition) is 3. The summed E-state index contributed by atoms with van der Waals surface area (Å²) in [6.45, 7) is 4.60. The Bertz CT molecular complexity index is 951. The number of nitrogens with one attached hydrogen (secondary N) is 3. The largest absolute Gasteiger partial charge is 0.355 e. The zero-order chi connectivity index (χ0) is 19.2. The molecule has 8 heteroatoms. The molecule has 0 saturated heterocycles. The molecule has 0 radical (unpaired) electrons. The molecule has 142 valence electrons. The lowest BCUT2D eigenvalue weighted by atomic mass is 10.1. The summed E-state index contributed by atoms with van der Waals surface area (Å²) in [7, 11) is 0. The van der Waals surface area contributed by atoms with E-state index in [1.54, 1.807) is 18.1 Å². The summed E-state index contributed by atoms with van der Waals surface area (Å²) in [5.41, 5.74) is 4.50. The standard InChI is InChI=1S/C19H22ClN5OS/c1-12-16(9-14-3-5-15(20)6-4-14)18(26)25-19(24-12)21-7-8-27-10-17-13(2)22-11-23-17/h3-6,11H,7-10H2,1-2H3,(H,22,23)(H2,21,24,25,26). The van der Waals surface area contributed by atoms with Gasteiger partial charge in [0.05, 0.1) is 17.7 Å². The first-order valence-electron chi connectivity index (χ1n) is 8.67. The number of aromatic nitrogens is 4. The van der Waals surface area contributed by atoms with Gasteiger partial charge in [0.15, 0.2) is 0 Å². The third-order valence-electron chi connectivity index (χ3n) is 4.23. The van der Waals surface area contributed by atoms with Crippen LogP contribution in [0.1, 0.15) is 28.2 Å². The maximum atomic E-state index is 12.4. The fourth-order valence-electron chi connectivity index (χ4n) is 2.65. The maximum absolute atomic E-state index is 12.4. The van der Waals surface area contributed by atoms with E-state index in [4.69, 9.17) is 11.6 Å². The molecule has 0 amide bonds. The Morgan fingerprint density at radius 2 is 2.00 bits per heavy atom. The molecule has 6 nitrogen and oxygen atoms in total. The molecule has 0 atom stereocenters. The van der Waals surface area contributed by atoms with Gasteiger partial charge in [-0.15, -0.1) is 0 Å². The Kier molecular flexibility index (Phi) is 6.58. The van der Waals surface area contributed by atoms with Crippen molar-refractivity contribution in [2.24, 2.45) is 0 Å². The van der Waals surface area contributed by atoms with Gasteiger partial charge in [-0.3, -0.25) is 9.78 Å². The van der Waals surface area contributed by atoms with Crippen LogP contribution in [0, 0.1) is 13.8 Å². The van der Waals surface area contributed by atoms with E-state index in [9.17, 15) is 4.79 Å². The minimum Gasteiger partial charge on any atom is -0.355 e. The fourth-order valence-corrected chi connectivity index (χ4v) is 3.65. The number of thioether (sulfide) groups is 1. The van der Waals surface area contributed by atoms with Crippen molar-refractivity contribution in [2.45, 2.75) is 26.0 Å². The van der Waals surface area contributed by atoms with Crippen LogP contribution in [0.15, 0.2) is 35.4 Å². The van der Waals surface area contributed by atoms with Crippen molar-refractivity contribution < 1.29 is 0 Å². The number of aryl methyl sites for hydroxylation is 2. The van der Waals surface area contributed by atoms with Crippen LogP contribution in [0.3, 0.4) is 0 Å². The molecule has 3 aromatic rings. The second-order valence-corrected chi connectivity index (χ2v) is 7.78. The normalized spacial score (nSPS) is 10.9. The molecular formula is C19H22ClN5OS. The topological polar surface area (TPSA) is 86.5 Å². The van der Waals surface area contributed by atoms with Crippen LogP contribution >= 0.6 is 23.4 Å². The maximum Gasteiger partial charge on any atom is 0.256 e. The van der Waals surface area contributed by atoms with Crippen LogP contribution in [0.5, 0.6) is 0 Å². The number of nitrogens with zero attached hydrogens (tertiary/aromatic N) is 2. The quantitative estimate of drug-likeness (QED) is 0.499. The smallest absolute Gasteiger partial charge is 0.256 e. The van der Waals surface area contributed by atoms with E-state index in [0.29, 0.717) is 29.5 Å². The van der Waals surface area contributed by atoms with Crippen LogP contribution in [0.4, 0.5) is 5.95 Å². The second kappa shape index (κ2) is 9.10. The summed E-state index contributed by atoms with van der Waals surface area (Å²) < 4.78 is 0. The molecule has 0 fully saturated rings. The van der Waals surface area contributed by atoms with Gasteiger partial charge in [-0.1, -0.05) is 23.7 Å². The summed E-state index contributed by atoms with van der Waals surface area (Å²) in [6, 6.07) is 7.50. The summed E-state index contributed by atoms with van der Waals surface area (Å²) in [5, 5.41) is 3.87. The van der Waals surface area contributed by atoms with Gasteiger partial charge in [0, 0.05) is 40.8 Å². The van der Waals surface area contributed by atoms with Gasteiger partial charge in [0.2, 0.25) is 5.95 Å². The molecule has 27 heavy (non-hydrogen) atoms. The van der Waals surface area contributed by atoms with Gasteiger partial charge in [-0.25, -0.2) is 9.97 Å². The third kappa shape index (κ3) is 5.37. The molecule has 0 saturated carbocycles. The van der Waals surface area contributed by atoms with E-state index < -0.39 is 0 Å². The zero-order valence-corrected chi connectivity index (χ0v) is 16.9. The van der Waals surface area contributed by atoms with Gasteiger partial charge in [0.25, 0.3) is 5.56 Å². The van der Waals surface area contributed by atoms with Gasteiger partial charge in [0.1, 0.15) is 0 Å². The highest BCUT2D eigenvalue weighted by Gasteiger charge is 2.09. The molecule has 0 bridgehead atoms. The number of H-pyrrole nitrogens is 2. The van der Waals surface area contributed by atoms with Gasteiger partial charge < -0.3 is 10.3 Å². The lowest BCUT2D eigenvalue weighted by Gasteiger charge is -2.09. The first-order valence-corrected chi connectivity index (χ1v) is 10.2. The Labute approximate surface area is 167 Å². The Hall–Kier alpha value is -2.25. The van der Waals surface area contributed by atoms with Gasteiger partial charge in [-0.2, -0.15) is 11.8 Å². The average Bonchev–Trinajstić information content (AvgIpc) is 3.04. The first kappa shape index (κ1) is 19.5. The lowest BCUT2D eigenvalue weighted by Crippen LogP contribution is -2.20. The second-order valence-electron chi connectivity index (χ2n) is 6.24. The van der Waals surface area contributed by atoms with Crippen molar-refractivity contribution in [3.63, 3.8) is 0 Å². The zero-order valence-electron chi connectivity index (χ0n) is 15.3. The van der Waals surface area contributed by atoms with Crippen molar-refractivity contribution in [1.82, 2.24) is 19.9 Å². The molecule has 0 aliphatic carbocycles. The monoisotopic (exact) mass is 403 g/mol. The summed E-state index contributed by atoms with van der Waals surface area (Å²) in [4.78, 5) is 27.1. The molecular weight excluding hydrogens is 382 g/mol. The summed E-state index contributed by atoms with van der Waals surface area (Å²) >= 11 is 7.69. The lowest BCUT2D eigenvalue weighted by molar-refractivity contribution is 0.967. The number of halogens is 1. The Morgan fingerprint density at radius 3 is 2.67 bits per heavy atom. The molecule has 0 aliphatic rings. The van der Waals surface area contributed by atoms with Crippen LogP contribution in [-0.2, 0) is 12.2 Å². The van der Waals surface area contributed by atoms with Crippen LogP contribution < -0.4 is 10.9 Å². The van der Waals surface area contributed by atoms with E-state index in [1.165, 1.54) is 0 Å². The molecule has 1 aromatic carbocycles. The van der Waals surface area contributed by atoms with E-state index >= 15 is 0 Å². The number of hydrogen-bond acceptors (Lipinski definition) is 5. The minimum absolute atomic E-state index is 0.111. The van der Waals surface area contributed by atoms with E-state index in [0.717, 1.165) is 34.2 Å². The molecule has 0 unspecified atom stereocenters. The van der Waals surface area contributed by atoms with Crippen molar-refractivity contribution >= 4 is 29.3 Å². The predicted molar refractivity (Wildman–Crippen MR) is 112 cm³/mol. The predicted octanol–water partition coefficient (Wildman–Crippen LogP) is 3.70.